The Hall–Kier alpha value is -0.490. The summed E-state index contributed by atoms with van der Waals surface area (Å²) >= 11 is 0. The van der Waals surface area contributed by atoms with Crippen molar-refractivity contribution >= 4 is 19.7 Å². The number of hydrogen-bond acceptors (Lipinski definition) is 4. The van der Waals surface area contributed by atoms with E-state index in [-0.39, 0.29) is 0 Å². The van der Waals surface area contributed by atoms with Crippen LogP contribution in [-0.2, 0) is 14.6 Å². The minimum Gasteiger partial charge on any atom is -0.348 e. The third-order valence-corrected chi connectivity index (χ3v) is 3.48. The SMILES string of the molecule is CS(=O)(=O)SCc1cnc[nH]1. The molecule has 1 aromatic heterocycles. The first-order valence-electron chi connectivity index (χ1n) is 2.89. The molecule has 0 unspecified atom stereocenters. The van der Waals surface area contributed by atoms with Crippen molar-refractivity contribution in [2.45, 2.75) is 5.75 Å². The van der Waals surface area contributed by atoms with E-state index >= 15 is 0 Å². The Kier molecular flexibility index (Phi) is 2.56. The predicted molar refractivity (Wildman–Crippen MR) is 44.7 cm³/mol. The average Bonchev–Trinajstić information content (AvgIpc) is 2.32. The molecule has 0 amide bonds. The first kappa shape index (κ1) is 8.61. The zero-order valence-corrected chi connectivity index (χ0v) is 7.58. The highest BCUT2D eigenvalue weighted by molar-refractivity contribution is 8.71. The van der Waals surface area contributed by atoms with Gasteiger partial charge in [0.1, 0.15) is 0 Å². The smallest absolute Gasteiger partial charge is 0.199 e. The van der Waals surface area contributed by atoms with Crippen molar-refractivity contribution in [1.82, 2.24) is 9.97 Å². The number of aromatic nitrogens is 2. The molecule has 1 rings (SSSR count). The molecule has 0 aliphatic rings. The molecule has 0 saturated heterocycles. The molecule has 0 aliphatic heterocycles. The van der Waals surface area contributed by atoms with E-state index in [2.05, 4.69) is 9.97 Å². The van der Waals surface area contributed by atoms with Crippen LogP contribution in [0.3, 0.4) is 0 Å². The number of H-pyrrole nitrogens is 1. The summed E-state index contributed by atoms with van der Waals surface area (Å²) in [7, 11) is -2.04. The second-order valence-electron chi connectivity index (χ2n) is 2.04. The summed E-state index contributed by atoms with van der Waals surface area (Å²) in [5.41, 5.74) is 0.820. The van der Waals surface area contributed by atoms with E-state index in [1.54, 1.807) is 6.20 Å². The van der Waals surface area contributed by atoms with Crippen LogP contribution in [0.1, 0.15) is 5.69 Å². The summed E-state index contributed by atoms with van der Waals surface area (Å²) in [4.78, 5) is 6.57. The zero-order valence-electron chi connectivity index (χ0n) is 5.94. The molecule has 1 heterocycles. The van der Waals surface area contributed by atoms with Crippen molar-refractivity contribution in [3.8, 4) is 0 Å². The monoisotopic (exact) mass is 192 g/mol. The summed E-state index contributed by atoms with van der Waals surface area (Å²) < 4.78 is 21.3. The Bertz CT molecular complexity index is 303. The summed E-state index contributed by atoms with van der Waals surface area (Å²) in [6, 6.07) is 0. The van der Waals surface area contributed by atoms with Gasteiger partial charge in [0.25, 0.3) is 0 Å². The molecule has 0 aromatic carbocycles. The molecule has 1 aromatic rings. The standard InChI is InChI=1S/C5H8N2O2S2/c1-11(8,9)10-3-5-2-6-4-7-5/h2,4H,3H2,1H3,(H,6,7). The van der Waals surface area contributed by atoms with Crippen LogP contribution in [0, 0.1) is 0 Å². The number of rotatable bonds is 3. The fourth-order valence-corrected chi connectivity index (χ4v) is 2.06. The van der Waals surface area contributed by atoms with E-state index < -0.39 is 8.87 Å². The fourth-order valence-electron chi connectivity index (χ4n) is 0.534. The normalized spacial score (nSPS) is 11.7. The fraction of sp³-hybridized carbons (Fsp3) is 0.400. The van der Waals surface area contributed by atoms with Crippen LogP contribution >= 0.6 is 10.8 Å². The van der Waals surface area contributed by atoms with Crippen LogP contribution in [0.25, 0.3) is 0 Å². The minimum atomic E-state index is -2.93. The maximum atomic E-state index is 10.7. The third kappa shape index (κ3) is 3.43. The Morgan fingerprint density at radius 2 is 2.45 bits per heavy atom. The highest BCUT2D eigenvalue weighted by Crippen LogP contribution is 2.14. The van der Waals surface area contributed by atoms with Gasteiger partial charge >= 0.3 is 0 Å². The molecule has 0 saturated carbocycles. The maximum absolute atomic E-state index is 10.7. The van der Waals surface area contributed by atoms with E-state index in [1.807, 2.05) is 0 Å². The maximum Gasteiger partial charge on any atom is 0.199 e. The molecule has 0 radical (unpaired) electrons. The second-order valence-corrected chi connectivity index (χ2v) is 6.50. The molecular formula is C5H8N2O2S2. The van der Waals surface area contributed by atoms with Crippen molar-refractivity contribution in [2.24, 2.45) is 0 Å². The van der Waals surface area contributed by atoms with Crippen LogP contribution in [0.5, 0.6) is 0 Å². The lowest BCUT2D eigenvalue weighted by Crippen LogP contribution is -1.89. The van der Waals surface area contributed by atoms with Gasteiger partial charge in [0.2, 0.25) is 0 Å². The van der Waals surface area contributed by atoms with E-state index in [9.17, 15) is 8.42 Å². The lowest BCUT2D eigenvalue weighted by molar-refractivity contribution is 0.615. The van der Waals surface area contributed by atoms with Gasteiger partial charge in [-0.15, -0.1) is 0 Å². The largest absolute Gasteiger partial charge is 0.348 e. The molecule has 62 valence electrons. The van der Waals surface area contributed by atoms with Gasteiger partial charge in [0.05, 0.1) is 12.1 Å². The molecule has 0 spiro atoms. The van der Waals surface area contributed by atoms with Gasteiger partial charge in [-0.2, -0.15) is 0 Å². The minimum absolute atomic E-state index is 0.429. The van der Waals surface area contributed by atoms with Crippen LogP contribution < -0.4 is 0 Å². The Morgan fingerprint density at radius 1 is 1.73 bits per heavy atom. The van der Waals surface area contributed by atoms with Gasteiger partial charge in [-0.05, 0) is 10.8 Å². The molecule has 6 heteroatoms. The number of aromatic amines is 1. The van der Waals surface area contributed by atoms with E-state index in [0.29, 0.717) is 5.75 Å². The van der Waals surface area contributed by atoms with Crippen LogP contribution in [0.2, 0.25) is 0 Å². The van der Waals surface area contributed by atoms with Crippen molar-refractivity contribution in [3.05, 3.63) is 18.2 Å². The highest BCUT2D eigenvalue weighted by atomic mass is 33.1. The quantitative estimate of drug-likeness (QED) is 0.712. The van der Waals surface area contributed by atoms with Gasteiger partial charge in [-0.25, -0.2) is 13.4 Å². The number of hydrogen-bond donors (Lipinski definition) is 1. The first-order valence-corrected chi connectivity index (χ1v) is 6.29. The summed E-state index contributed by atoms with van der Waals surface area (Å²) in [6.07, 6.45) is 4.32. The molecular weight excluding hydrogens is 184 g/mol. The van der Waals surface area contributed by atoms with Crippen molar-refractivity contribution < 1.29 is 8.42 Å². The number of nitrogens with zero attached hydrogens (tertiary/aromatic N) is 1. The molecule has 4 nitrogen and oxygen atoms in total. The summed E-state index contributed by atoms with van der Waals surface area (Å²) in [5.74, 6) is 0.429. The first-order chi connectivity index (χ1) is 5.08. The Morgan fingerprint density at radius 3 is 2.91 bits per heavy atom. The molecule has 11 heavy (non-hydrogen) atoms. The van der Waals surface area contributed by atoms with Gasteiger partial charge < -0.3 is 4.98 Å². The molecule has 1 N–H and O–H groups in total. The Balaban J connectivity index is 2.48. The Labute approximate surface area is 68.7 Å². The molecule has 0 aliphatic carbocycles. The number of imidazole rings is 1. The van der Waals surface area contributed by atoms with Gasteiger partial charge in [-0.3, -0.25) is 0 Å². The van der Waals surface area contributed by atoms with Crippen LogP contribution in [-0.4, -0.2) is 24.6 Å². The molecule has 0 bridgehead atoms. The second kappa shape index (κ2) is 3.27. The average molecular weight is 192 g/mol. The molecule has 0 fully saturated rings. The van der Waals surface area contributed by atoms with Crippen molar-refractivity contribution in [3.63, 3.8) is 0 Å². The van der Waals surface area contributed by atoms with E-state index in [4.69, 9.17) is 0 Å². The van der Waals surface area contributed by atoms with Gasteiger partial charge in [0.15, 0.2) is 8.87 Å². The number of nitrogens with one attached hydrogen (secondary N) is 1. The van der Waals surface area contributed by atoms with Crippen LogP contribution in [0.15, 0.2) is 12.5 Å². The van der Waals surface area contributed by atoms with Crippen molar-refractivity contribution in [1.29, 1.82) is 0 Å². The van der Waals surface area contributed by atoms with E-state index in [0.717, 1.165) is 16.5 Å². The molecule has 0 atom stereocenters. The lowest BCUT2D eigenvalue weighted by Gasteiger charge is -1.93. The zero-order chi connectivity index (χ0) is 8.32. The van der Waals surface area contributed by atoms with Gasteiger partial charge in [0, 0.05) is 18.1 Å². The highest BCUT2D eigenvalue weighted by Gasteiger charge is 2.03. The van der Waals surface area contributed by atoms with Crippen molar-refractivity contribution in [2.75, 3.05) is 6.26 Å². The lowest BCUT2D eigenvalue weighted by atomic mass is 10.6. The summed E-state index contributed by atoms with van der Waals surface area (Å²) in [6.45, 7) is 0. The van der Waals surface area contributed by atoms with Gasteiger partial charge in [-0.1, -0.05) is 0 Å². The van der Waals surface area contributed by atoms with E-state index in [1.165, 1.54) is 12.6 Å². The predicted octanol–water partition coefficient (Wildman–Crippen LogP) is 0.603. The third-order valence-electron chi connectivity index (χ3n) is 0.983. The van der Waals surface area contributed by atoms with Crippen LogP contribution in [0.4, 0.5) is 0 Å². The summed E-state index contributed by atoms with van der Waals surface area (Å²) in [5, 5.41) is 0. The topological polar surface area (TPSA) is 62.8 Å².